The van der Waals surface area contributed by atoms with Gasteiger partial charge < -0.3 is 20.1 Å². The molecular formula is C53H50F2N14O4. The van der Waals surface area contributed by atoms with Gasteiger partial charge in [0, 0.05) is 13.2 Å². The second-order valence-electron chi connectivity index (χ2n) is 17.9. The van der Waals surface area contributed by atoms with Crippen LogP contribution in [0.5, 0.6) is 0 Å². The lowest BCUT2D eigenvalue weighted by Crippen LogP contribution is -2.28. The van der Waals surface area contributed by atoms with Crippen LogP contribution in [0, 0.1) is 11.6 Å². The Morgan fingerprint density at radius 3 is 1.78 bits per heavy atom. The van der Waals surface area contributed by atoms with Crippen LogP contribution in [-0.2, 0) is 9.47 Å². The second-order valence-corrected chi connectivity index (χ2v) is 17.9. The molecule has 0 aliphatic carbocycles. The molecule has 8 heterocycles. The van der Waals surface area contributed by atoms with Gasteiger partial charge in [0.1, 0.15) is 53.8 Å². The molecule has 0 amide bonds. The number of nitrogens with zero attached hydrogens (tertiary/aromatic N) is 12. The molecule has 10 aromatic rings. The maximum Gasteiger partial charge on any atom is 0.269 e. The number of hydrogen-bond acceptors (Lipinski definition) is 14. The number of rotatable bonds is 11. The van der Waals surface area contributed by atoms with Gasteiger partial charge in [0.15, 0.2) is 34.0 Å². The maximum absolute atomic E-state index is 14.7. The van der Waals surface area contributed by atoms with Gasteiger partial charge in [0.2, 0.25) is 0 Å². The minimum Gasteiger partial charge on any atom is -0.358 e. The average molecular weight is 985 g/mol. The highest BCUT2D eigenvalue weighted by Crippen LogP contribution is 2.32. The highest BCUT2D eigenvalue weighted by molar-refractivity contribution is 5.84. The standard InChI is InChI=1S/C27H26FN7O2.C26H24FN7O2/c1-2-19(32-24-23-26(30-15-29-24)34(16-31-23)21-13-6-7-14-37-21)25-33-20-12-8-11-18(28)22(20)27(36)35(25)17-9-4-3-5-10-17;1-16(31-23-22-25(29-14-28-23)33(15-30-22)21-9-5-6-12-36-21)24-32-20-11-10-17(27)13-19(20)26(35)34(24)18-7-3-2-4-8-18/h3-5,8-12,15-16,19,21H,2,6-7,13-14H2,1H3,(H,29,30,32);2-4,7-8,10-11,13-16,21H,5-6,9,12H2,1H3,(H,28,29,31)/t19-,21?;16-,21?/m00/s1. The molecule has 20 heteroatoms. The lowest BCUT2D eigenvalue weighted by Gasteiger charge is -2.24. The molecule has 6 aromatic heterocycles. The van der Waals surface area contributed by atoms with Gasteiger partial charge in [-0.1, -0.05) is 49.4 Å². The molecule has 2 fully saturated rings. The van der Waals surface area contributed by atoms with E-state index in [-0.39, 0.29) is 28.8 Å². The summed E-state index contributed by atoms with van der Waals surface area (Å²) in [6, 6.07) is 26.0. The van der Waals surface area contributed by atoms with Gasteiger partial charge in [-0.2, -0.15) is 0 Å². The predicted molar refractivity (Wildman–Crippen MR) is 272 cm³/mol. The summed E-state index contributed by atoms with van der Waals surface area (Å²) in [6.07, 6.45) is 12.9. The number of aromatic nitrogens is 12. The van der Waals surface area contributed by atoms with Gasteiger partial charge in [-0.3, -0.25) is 27.9 Å². The lowest BCUT2D eigenvalue weighted by molar-refractivity contribution is -0.0299. The van der Waals surface area contributed by atoms with Crippen LogP contribution in [0.1, 0.15) is 95.0 Å². The van der Waals surface area contributed by atoms with Crippen LogP contribution >= 0.6 is 0 Å². The van der Waals surface area contributed by atoms with Gasteiger partial charge >= 0.3 is 0 Å². The number of nitrogens with one attached hydrogen (secondary N) is 2. The highest BCUT2D eigenvalue weighted by Gasteiger charge is 2.27. The number of hydrogen-bond donors (Lipinski definition) is 2. The number of benzene rings is 4. The smallest absolute Gasteiger partial charge is 0.269 e. The highest BCUT2D eigenvalue weighted by atomic mass is 19.1. The first-order chi connectivity index (χ1) is 35.7. The number of ether oxygens (including phenoxy) is 2. The zero-order valence-corrected chi connectivity index (χ0v) is 40.0. The number of para-hydroxylation sites is 2. The Labute approximate surface area is 415 Å². The molecule has 0 radical (unpaired) electrons. The van der Waals surface area contributed by atoms with E-state index in [1.165, 1.54) is 46.1 Å². The Hall–Kier alpha value is -8.36. The fourth-order valence-corrected chi connectivity index (χ4v) is 9.57. The van der Waals surface area contributed by atoms with Crippen LogP contribution in [0.2, 0.25) is 0 Å². The van der Waals surface area contributed by atoms with Crippen LogP contribution in [-0.4, -0.2) is 71.4 Å². The molecule has 4 aromatic carbocycles. The minimum atomic E-state index is -0.597. The number of imidazole rings is 2. The molecule has 2 N–H and O–H groups in total. The summed E-state index contributed by atoms with van der Waals surface area (Å²) in [7, 11) is 0. The third-order valence-corrected chi connectivity index (χ3v) is 13.2. The summed E-state index contributed by atoms with van der Waals surface area (Å²) in [5, 5.41) is 6.98. The Kier molecular flexibility index (Phi) is 13.1. The van der Waals surface area contributed by atoms with Crippen LogP contribution in [0.4, 0.5) is 20.4 Å². The van der Waals surface area contributed by atoms with Crippen molar-refractivity contribution < 1.29 is 18.3 Å². The van der Waals surface area contributed by atoms with E-state index in [0.29, 0.717) is 87.7 Å². The predicted octanol–water partition coefficient (Wildman–Crippen LogP) is 9.46. The Morgan fingerprint density at radius 2 is 1.21 bits per heavy atom. The number of halogens is 2. The summed E-state index contributed by atoms with van der Waals surface area (Å²) < 4.78 is 47.4. The Balaban J connectivity index is 0.000000157. The zero-order chi connectivity index (χ0) is 50.0. The van der Waals surface area contributed by atoms with E-state index in [0.717, 1.165) is 38.5 Å². The monoisotopic (exact) mass is 984 g/mol. The summed E-state index contributed by atoms with van der Waals surface area (Å²) in [5.41, 5.74) is 3.72. The first-order valence-corrected chi connectivity index (χ1v) is 24.4. The third-order valence-electron chi connectivity index (χ3n) is 13.2. The fourth-order valence-electron chi connectivity index (χ4n) is 9.57. The van der Waals surface area contributed by atoms with Crippen LogP contribution < -0.4 is 21.8 Å². The van der Waals surface area contributed by atoms with Gasteiger partial charge in [0.05, 0.1) is 52.5 Å². The summed E-state index contributed by atoms with van der Waals surface area (Å²) in [6.45, 7) is 5.31. The van der Waals surface area contributed by atoms with Crippen molar-refractivity contribution in [2.45, 2.75) is 83.3 Å². The van der Waals surface area contributed by atoms with Gasteiger partial charge in [-0.05, 0) is 106 Å². The van der Waals surface area contributed by atoms with Crippen LogP contribution in [0.3, 0.4) is 0 Å². The van der Waals surface area contributed by atoms with Crippen molar-refractivity contribution in [2.24, 2.45) is 0 Å². The summed E-state index contributed by atoms with van der Waals surface area (Å²) >= 11 is 0. The van der Waals surface area contributed by atoms with Gasteiger partial charge in [-0.25, -0.2) is 48.7 Å². The largest absolute Gasteiger partial charge is 0.358 e. The van der Waals surface area contributed by atoms with Gasteiger partial charge in [-0.15, -0.1) is 0 Å². The SMILES string of the molecule is CC[C@H](Nc1ncnc2c1ncn2C1CCCCO1)c1nc2cccc(F)c2c(=O)n1-c1ccccc1.C[C@H](Nc1ncnc2c1ncn2C1CCCCO1)c1nc2ccc(F)cc2c(=O)n1-c1ccccc1. The van der Waals surface area contributed by atoms with Gasteiger partial charge in [0.25, 0.3) is 11.1 Å². The molecule has 4 atom stereocenters. The Bertz CT molecular complexity index is 3720. The first kappa shape index (κ1) is 47.0. The molecule has 0 spiro atoms. The number of anilines is 2. The van der Waals surface area contributed by atoms with Crippen molar-refractivity contribution in [3.63, 3.8) is 0 Å². The van der Waals surface area contributed by atoms with Crippen molar-refractivity contribution in [2.75, 3.05) is 23.8 Å². The molecule has 2 unspecified atom stereocenters. The topological polar surface area (TPSA) is 200 Å². The van der Waals surface area contributed by atoms with E-state index in [4.69, 9.17) is 19.4 Å². The number of fused-ring (bicyclic) bond motifs is 4. The normalized spacial score (nSPS) is 16.8. The lowest BCUT2D eigenvalue weighted by atomic mass is 10.1. The molecular weight excluding hydrogens is 935 g/mol. The van der Waals surface area contributed by atoms with E-state index >= 15 is 0 Å². The fraction of sp³-hybridized carbons (Fsp3) is 0.283. The van der Waals surface area contributed by atoms with E-state index in [1.54, 1.807) is 36.9 Å². The third kappa shape index (κ3) is 9.14. The van der Waals surface area contributed by atoms with E-state index in [9.17, 15) is 18.4 Å². The minimum absolute atomic E-state index is 0.0411. The van der Waals surface area contributed by atoms with Crippen molar-refractivity contribution in [3.8, 4) is 11.4 Å². The van der Waals surface area contributed by atoms with Crippen molar-refractivity contribution >= 4 is 55.8 Å². The molecule has 0 saturated carbocycles. The molecule has 0 bridgehead atoms. The average Bonchev–Trinajstić information content (AvgIpc) is 4.08. The maximum atomic E-state index is 14.7. The Morgan fingerprint density at radius 1 is 0.630 bits per heavy atom. The molecule has 73 heavy (non-hydrogen) atoms. The molecule has 370 valence electrons. The molecule has 2 saturated heterocycles. The van der Waals surface area contributed by atoms with Crippen molar-refractivity contribution in [3.05, 3.63) is 166 Å². The zero-order valence-electron chi connectivity index (χ0n) is 40.0. The first-order valence-electron chi connectivity index (χ1n) is 24.4. The quantitative estimate of drug-likeness (QED) is 0.124. The second kappa shape index (κ2) is 20.4. The van der Waals surface area contributed by atoms with Crippen LogP contribution in [0.25, 0.3) is 55.5 Å². The van der Waals surface area contributed by atoms with Crippen LogP contribution in [0.15, 0.2) is 132 Å². The van der Waals surface area contributed by atoms with E-state index in [1.807, 2.05) is 71.5 Å². The summed E-state index contributed by atoms with van der Waals surface area (Å²) in [4.78, 5) is 63.6. The molecule has 2 aliphatic rings. The molecule has 12 rings (SSSR count). The molecule has 2 aliphatic heterocycles. The van der Waals surface area contributed by atoms with Crippen molar-refractivity contribution in [1.29, 1.82) is 0 Å². The molecule has 18 nitrogen and oxygen atoms in total. The summed E-state index contributed by atoms with van der Waals surface area (Å²) in [5.74, 6) is 0.890. The van der Waals surface area contributed by atoms with Crippen molar-refractivity contribution in [1.82, 2.24) is 58.1 Å². The van der Waals surface area contributed by atoms with E-state index < -0.39 is 29.3 Å². The van der Waals surface area contributed by atoms with E-state index in [2.05, 4.69) is 40.5 Å².